The smallest absolute Gasteiger partial charge is 0.120 e. The zero-order valence-electron chi connectivity index (χ0n) is 10.3. The van der Waals surface area contributed by atoms with E-state index in [9.17, 15) is 4.21 Å². The van der Waals surface area contributed by atoms with E-state index in [0.717, 1.165) is 17.9 Å². The summed E-state index contributed by atoms with van der Waals surface area (Å²) in [5.74, 6) is 2.41. The lowest BCUT2D eigenvalue weighted by molar-refractivity contribution is 0.339. The molecule has 0 amide bonds. The van der Waals surface area contributed by atoms with Crippen LogP contribution < -0.4 is 10.5 Å². The first-order valence-corrected chi connectivity index (χ1v) is 8.30. The summed E-state index contributed by atoms with van der Waals surface area (Å²) in [6, 6.07) is 5.35. The average molecular weight is 273 g/mol. The molecule has 0 aliphatic carbocycles. The summed E-state index contributed by atoms with van der Waals surface area (Å²) in [6.45, 7) is 2.52. The first-order chi connectivity index (χ1) is 8.19. The van der Waals surface area contributed by atoms with Crippen LogP contribution in [-0.4, -0.2) is 28.6 Å². The van der Waals surface area contributed by atoms with Crippen molar-refractivity contribution in [3.63, 3.8) is 0 Å². The second-order valence-corrected chi connectivity index (χ2v) is 6.05. The molecule has 1 atom stereocenters. The van der Waals surface area contributed by atoms with Gasteiger partial charge in [-0.3, -0.25) is 4.21 Å². The molecule has 0 aromatic heterocycles. The topological polar surface area (TPSA) is 52.3 Å². The maximum absolute atomic E-state index is 12.1. The fourth-order valence-corrected chi connectivity index (χ4v) is 3.23. The molecular formula is C12H19NO2S2. The van der Waals surface area contributed by atoms with Crippen LogP contribution in [0.2, 0.25) is 0 Å². The first-order valence-electron chi connectivity index (χ1n) is 5.58. The van der Waals surface area contributed by atoms with Gasteiger partial charge in [0.2, 0.25) is 0 Å². The van der Waals surface area contributed by atoms with Crippen LogP contribution in [0.4, 0.5) is 5.69 Å². The van der Waals surface area contributed by atoms with Crippen LogP contribution in [0.5, 0.6) is 5.75 Å². The van der Waals surface area contributed by atoms with Crippen molar-refractivity contribution < 1.29 is 8.95 Å². The Kier molecular flexibility index (Phi) is 6.44. The Morgan fingerprint density at radius 2 is 2.24 bits per heavy atom. The van der Waals surface area contributed by atoms with E-state index in [2.05, 4.69) is 0 Å². The van der Waals surface area contributed by atoms with Gasteiger partial charge in [-0.2, -0.15) is 11.8 Å². The van der Waals surface area contributed by atoms with Gasteiger partial charge in [-0.1, -0.05) is 0 Å². The molecule has 0 fully saturated rings. The summed E-state index contributed by atoms with van der Waals surface area (Å²) in [7, 11) is -1.03. The van der Waals surface area contributed by atoms with Crippen molar-refractivity contribution in [3.05, 3.63) is 18.2 Å². The number of hydrogen-bond acceptors (Lipinski definition) is 4. The van der Waals surface area contributed by atoms with E-state index in [4.69, 9.17) is 10.5 Å². The summed E-state index contributed by atoms with van der Waals surface area (Å²) in [4.78, 5) is 0.692. The third kappa shape index (κ3) is 4.60. The van der Waals surface area contributed by atoms with Crippen molar-refractivity contribution in [3.8, 4) is 5.75 Å². The number of nitrogen functional groups attached to an aromatic ring is 1. The number of anilines is 1. The highest BCUT2D eigenvalue weighted by Gasteiger charge is 2.09. The zero-order valence-corrected chi connectivity index (χ0v) is 11.9. The van der Waals surface area contributed by atoms with Gasteiger partial charge in [0.15, 0.2) is 0 Å². The Morgan fingerprint density at radius 1 is 1.47 bits per heavy atom. The lowest BCUT2D eigenvalue weighted by atomic mass is 10.3. The minimum atomic E-state index is -1.03. The van der Waals surface area contributed by atoms with Crippen molar-refractivity contribution in [2.75, 3.05) is 30.1 Å². The van der Waals surface area contributed by atoms with Crippen LogP contribution >= 0.6 is 11.8 Å². The van der Waals surface area contributed by atoms with Gasteiger partial charge in [0.05, 0.1) is 22.3 Å². The Labute approximate surface area is 110 Å². The van der Waals surface area contributed by atoms with E-state index in [1.807, 2.05) is 13.2 Å². The molecule has 2 N–H and O–H groups in total. The van der Waals surface area contributed by atoms with Crippen LogP contribution in [0.15, 0.2) is 23.1 Å². The van der Waals surface area contributed by atoms with E-state index < -0.39 is 10.8 Å². The van der Waals surface area contributed by atoms with E-state index >= 15 is 0 Å². The molecule has 5 heteroatoms. The Hall–Kier alpha value is -0.680. The van der Waals surface area contributed by atoms with Gasteiger partial charge in [-0.25, -0.2) is 0 Å². The average Bonchev–Trinajstić information content (AvgIpc) is 2.32. The third-order valence-electron chi connectivity index (χ3n) is 2.22. The maximum Gasteiger partial charge on any atom is 0.120 e. The van der Waals surface area contributed by atoms with Crippen LogP contribution in [0.3, 0.4) is 0 Å². The molecular weight excluding hydrogens is 254 g/mol. The van der Waals surface area contributed by atoms with E-state index in [1.165, 1.54) is 0 Å². The fourth-order valence-electron chi connectivity index (χ4n) is 1.41. The van der Waals surface area contributed by atoms with E-state index in [0.29, 0.717) is 22.9 Å². The number of ether oxygens (including phenoxy) is 1. The van der Waals surface area contributed by atoms with Crippen molar-refractivity contribution in [1.29, 1.82) is 0 Å². The second-order valence-electron chi connectivity index (χ2n) is 3.53. The van der Waals surface area contributed by atoms with Crippen LogP contribution in [0.25, 0.3) is 0 Å². The lowest BCUT2D eigenvalue weighted by Crippen LogP contribution is -2.04. The fraction of sp³-hybridized carbons (Fsp3) is 0.500. The molecule has 0 saturated heterocycles. The highest BCUT2D eigenvalue weighted by Crippen LogP contribution is 2.23. The lowest BCUT2D eigenvalue weighted by Gasteiger charge is -2.09. The number of nitrogens with two attached hydrogens (primary N) is 1. The minimum absolute atomic E-state index is 0.580. The molecule has 1 unspecified atom stereocenters. The predicted molar refractivity (Wildman–Crippen MR) is 76.3 cm³/mol. The first kappa shape index (κ1) is 14.4. The van der Waals surface area contributed by atoms with Gasteiger partial charge in [-0.15, -0.1) is 0 Å². The summed E-state index contributed by atoms with van der Waals surface area (Å²) >= 11 is 1.76. The maximum atomic E-state index is 12.1. The molecule has 1 aromatic rings. The predicted octanol–water partition coefficient (Wildman–Crippen LogP) is 2.53. The molecule has 96 valence electrons. The summed E-state index contributed by atoms with van der Waals surface area (Å²) in [6.07, 6.45) is 2.99. The van der Waals surface area contributed by atoms with Crippen LogP contribution in [0, 0.1) is 0 Å². The minimum Gasteiger partial charge on any atom is -0.494 e. The standard InChI is InChI=1S/C12H19NO2S2/c1-3-15-10-5-6-11(13)12(9-10)17(14)8-4-7-16-2/h5-6,9H,3-4,7-8,13H2,1-2H3. The SMILES string of the molecule is CCOc1ccc(N)c(S(=O)CCCSC)c1. The number of thioether (sulfide) groups is 1. The second kappa shape index (κ2) is 7.61. The van der Waals surface area contributed by atoms with E-state index in [1.54, 1.807) is 30.0 Å². The molecule has 0 bridgehead atoms. The molecule has 1 rings (SSSR count). The van der Waals surface area contributed by atoms with Crippen molar-refractivity contribution in [2.45, 2.75) is 18.2 Å². The number of benzene rings is 1. The van der Waals surface area contributed by atoms with Crippen LogP contribution in [-0.2, 0) is 10.8 Å². The Bertz CT molecular complexity index is 383. The normalized spacial score (nSPS) is 12.4. The molecule has 1 aromatic carbocycles. The van der Waals surface area contributed by atoms with Gasteiger partial charge in [0.25, 0.3) is 0 Å². The van der Waals surface area contributed by atoms with Crippen molar-refractivity contribution >= 4 is 28.2 Å². The molecule has 17 heavy (non-hydrogen) atoms. The summed E-state index contributed by atoms with van der Waals surface area (Å²) in [5, 5.41) is 0. The molecule has 0 aliphatic heterocycles. The van der Waals surface area contributed by atoms with Gasteiger partial charge in [-0.05, 0) is 43.6 Å². The third-order valence-corrected chi connectivity index (χ3v) is 4.42. The molecule has 0 heterocycles. The van der Waals surface area contributed by atoms with Crippen molar-refractivity contribution in [2.24, 2.45) is 0 Å². The Morgan fingerprint density at radius 3 is 2.88 bits per heavy atom. The van der Waals surface area contributed by atoms with Crippen LogP contribution in [0.1, 0.15) is 13.3 Å². The van der Waals surface area contributed by atoms with Gasteiger partial charge in [0.1, 0.15) is 5.75 Å². The summed E-state index contributed by atoms with van der Waals surface area (Å²) < 4.78 is 17.4. The molecule has 0 aliphatic rings. The molecule has 0 spiro atoms. The monoisotopic (exact) mass is 273 g/mol. The Balaban J connectivity index is 2.73. The number of rotatable bonds is 7. The van der Waals surface area contributed by atoms with Crippen molar-refractivity contribution in [1.82, 2.24) is 0 Å². The molecule has 0 saturated carbocycles. The largest absolute Gasteiger partial charge is 0.494 e. The summed E-state index contributed by atoms with van der Waals surface area (Å²) in [5.41, 5.74) is 6.42. The van der Waals surface area contributed by atoms with Gasteiger partial charge >= 0.3 is 0 Å². The quantitative estimate of drug-likeness (QED) is 0.612. The van der Waals surface area contributed by atoms with E-state index in [-0.39, 0.29) is 0 Å². The molecule has 3 nitrogen and oxygen atoms in total. The highest BCUT2D eigenvalue weighted by molar-refractivity contribution is 7.98. The zero-order chi connectivity index (χ0) is 12.7. The van der Waals surface area contributed by atoms with Gasteiger partial charge < -0.3 is 10.5 Å². The molecule has 0 radical (unpaired) electrons. The number of hydrogen-bond donors (Lipinski definition) is 1. The highest BCUT2D eigenvalue weighted by atomic mass is 32.2. The van der Waals surface area contributed by atoms with Gasteiger partial charge in [0, 0.05) is 11.4 Å².